The van der Waals surface area contributed by atoms with Gasteiger partial charge in [0, 0.05) is 6.04 Å². The average Bonchev–Trinajstić information content (AvgIpc) is 2.05. The molecule has 0 fully saturated rings. The zero-order chi connectivity index (χ0) is 8.27. The first-order valence-corrected chi connectivity index (χ1v) is 3.70. The Morgan fingerprint density at radius 1 is 1.33 bits per heavy atom. The highest BCUT2D eigenvalue weighted by Gasteiger charge is 2.10. The SMILES string of the molecule is C[C@H](N)[C@H](O)c1ccccc1.[Cl-].[H+]. The van der Waals surface area contributed by atoms with Crippen molar-refractivity contribution in [3.8, 4) is 0 Å². The molecule has 1 rings (SSSR count). The molecule has 0 saturated carbocycles. The van der Waals surface area contributed by atoms with Crippen LogP contribution in [-0.2, 0) is 0 Å². The fraction of sp³-hybridized carbons (Fsp3) is 0.333. The number of hydrogen-bond acceptors (Lipinski definition) is 2. The second-order valence-electron chi connectivity index (χ2n) is 2.71. The molecular weight excluding hydrogens is 174 g/mol. The van der Waals surface area contributed by atoms with Gasteiger partial charge in [0.2, 0.25) is 0 Å². The lowest BCUT2D eigenvalue weighted by Crippen LogP contribution is -3.00. The maximum atomic E-state index is 9.47. The Kier molecular flexibility index (Phi) is 4.90. The van der Waals surface area contributed by atoms with Crippen molar-refractivity contribution in [1.29, 1.82) is 0 Å². The van der Waals surface area contributed by atoms with Crippen LogP contribution in [0.25, 0.3) is 0 Å². The van der Waals surface area contributed by atoms with Crippen molar-refractivity contribution in [2.45, 2.75) is 19.1 Å². The highest BCUT2D eigenvalue weighted by molar-refractivity contribution is 5.18. The monoisotopic (exact) mass is 187 g/mol. The van der Waals surface area contributed by atoms with E-state index < -0.39 is 6.10 Å². The topological polar surface area (TPSA) is 46.2 Å². The van der Waals surface area contributed by atoms with E-state index in [1.165, 1.54) is 0 Å². The lowest BCUT2D eigenvalue weighted by molar-refractivity contribution is -0.00000372. The molecule has 0 aliphatic carbocycles. The van der Waals surface area contributed by atoms with Crippen molar-refractivity contribution in [2.24, 2.45) is 5.73 Å². The molecule has 2 nitrogen and oxygen atoms in total. The van der Waals surface area contributed by atoms with Gasteiger partial charge in [-0.05, 0) is 12.5 Å². The Bertz CT molecular complexity index is 218. The summed E-state index contributed by atoms with van der Waals surface area (Å²) in [4.78, 5) is 0. The fourth-order valence-electron chi connectivity index (χ4n) is 0.954. The zero-order valence-corrected chi connectivity index (χ0v) is 7.70. The second kappa shape index (κ2) is 5.14. The summed E-state index contributed by atoms with van der Waals surface area (Å²) in [6.07, 6.45) is -0.545. The largest absolute Gasteiger partial charge is 1.00 e. The molecule has 0 heterocycles. The van der Waals surface area contributed by atoms with Gasteiger partial charge >= 0.3 is 1.43 Å². The first-order chi connectivity index (χ1) is 5.22. The first-order valence-electron chi connectivity index (χ1n) is 3.70. The lowest BCUT2D eigenvalue weighted by Gasteiger charge is -2.13. The van der Waals surface area contributed by atoms with Crippen molar-refractivity contribution in [3.05, 3.63) is 35.9 Å². The van der Waals surface area contributed by atoms with Crippen LogP contribution in [0, 0.1) is 0 Å². The van der Waals surface area contributed by atoms with Crippen molar-refractivity contribution >= 4 is 0 Å². The number of halogens is 1. The van der Waals surface area contributed by atoms with Gasteiger partial charge in [0.1, 0.15) is 0 Å². The molecule has 0 spiro atoms. The summed E-state index contributed by atoms with van der Waals surface area (Å²) in [6.45, 7) is 1.79. The molecule has 0 amide bonds. The summed E-state index contributed by atoms with van der Waals surface area (Å²) < 4.78 is 0. The predicted molar refractivity (Wildman–Crippen MR) is 46.2 cm³/mol. The zero-order valence-electron chi connectivity index (χ0n) is 7.94. The molecule has 0 radical (unpaired) electrons. The summed E-state index contributed by atoms with van der Waals surface area (Å²) >= 11 is 0. The summed E-state index contributed by atoms with van der Waals surface area (Å²) in [5.41, 5.74) is 6.40. The van der Waals surface area contributed by atoms with Crippen LogP contribution in [-0.4, -0.2) is 11.1 Å². The third kappa shape index (κ3) is 2.81. The minimum atomic E-state index is -0.545. The normalized spacial score (nSPS) is 14.6. The van der Waals surface area contributed by atoms with E-state index in [4.69, 9.17) is 5.73 Å². The standard InChI is InChI=1S/C9H13NO.ClH/c1-7(10)9(11)8-5-3-2-4-6-8;/h2-7,9,11H,10H2,1H3;1H/t7-,9-;/m0./s1. The first kappa shape index (κ1) is 11.4. The maximum absolute atomic E-state index is 9.47. The minimum Gasteiger partial charge on any atom is -1.00 e. The maximum Gasteiger partial charge on any atom is 1.00 e. The fourth-order valence-corrected chi connectivity index (χ4v) is 0.954. The van der Waals surface area contributed by atoms with Gasteiger partial charge in [0.25, 0.3) is 0 Å². The molecule has 3 heteroatoms. The summed E-state index contributed by atoms with van der Waals surface area (Å²) in [6, 6.07) is 9.22. The average molecular weight is 188 g/mol. The van der Waals surface area contributed by atoms with E-state index in [1.807, 2.05) is 30.3 Å². The van der Waals surface area contributed by atoms with Gasteiger partial charge in [-0.2, -0.15) is 0 Å². The van der Waals surface area contributed by atoms with Gasteiger partial charge in [0.05, 0.1) is 6.10 Å². The van der Waals surface area contributed by atoms with Gasteiger partial charge in [-0.15, -0.1) is 0 Å². The smallest absolute Gasteiger partial charge is 1.00 e. The van der Waals surface area contributed by atoms with E-state index in [0.29, 0.717) is 0 Å². The second-order valence-corrected chi connectivity index (χ2v) is 2.71. The van der Waals surface area contributed by atoms with Crippen LogP contribution in [0.1, 0.15) is 20.0 Å². The van der Waals surface area contributed by atoms with E-state index in [2.05, 4.69) is 0 Å². The third-order valence-electron chi connectivity index (χ3n) is 1.64. The van der Waals surface area contributed by atoms with Crippen molar-refractivity contribution < 1.29 is 18.9 Å². The number of rotatable bonds is 2. The van der Waals surface area contributed by atoms with E-state index in [-0.39, 0.29) is 19.9 Å². The van der Waals surface area contributed by atoms with Crippen LogP contribution < -0.4 is 18.1 Å². The Hall–Kier alpha value is -0.570. The molecule has 0 bridgehead atoms. The van der Waals surface area contributed by atoms with Crippen molar-refractivity contribution in [3.63, 3.8) is 0 Å². The third-order valence-corrected chi connectivity index (χ3v) is 1.64. The lowest BCUT2D eigenvalue weighted by atomic mass is 10.0. The molecule has 0 aliphatic rings. The van der Waals surface area contributed by atoms with Gasteiger partial charge in [-0.25, -0.2) is 0 Å². The summed E-state index contributed by atoms with van der Waals surface area (Å²) in [7, 11) is 0. The molecular formula is C9H14ClNO. The minimum absolute atomic E-state index is 0. The van der Waals surface area contributed by atoms with Crippen LogP contribution in [0.3, 0.4) is 0 Å². The Balaban J connectivity index is 0. The number of nitrogens with two attached hydrogens (primary N) is 1. The molecule has 1 aromatic carbocycles. The van der Waals surface area contributed by atoms with Crippen molar-refractivity contribution in [2.75, 3.05) is 0 Å². The number of hydrogen-bond donors (Lipinski definition) is 2. The van der Waals surface area contributed by atoms with E-state index in [9.17, 15) is 5.11 Å². The van der Waals surface area contributed by atoms with Crippen LogP contribution in [0.4, 0.5) is 0 Å². The van der Waals surface area contributed by atoms with Gasteiger partial charge in [-0.1, -0.05) is 30.3 Å². The van der Waals surface area contributed by atoms with Crippen molar-refractivity contribution in [1.82, 2.24) is 0 Å². The van der Waals surface area contributed by atoms with Crippen LogP contribution in [0.5, 0.6) is 0 Å². The van der Waals surface area contributed by atoms with Gasteiger partial charge in [0.15, 0.2) is 0 Å². The Morgan fingerprint density at radius 2 is 1.83 bits per heavy atom. The summed E-state index contributed by atoms with van der Waals surface area (Å²) in [5.74, 6) is 0. The predicted octanol–water partition coefficient (Wildman–Crippen LogP) is -1.82. The molecule has 3 N–H and O–H groups in total. The Morgan fingerprint density at radius 3 is 2.25 bits per heavy atom. The van der Waals surface area contributed by atoms with E-state index in [1.54, 1.807) is 6.92 Å². The highest BCUT2D eigenvalue weighted by Crippen LogP contribution is 2.13. The van der Waals surface area contributed by atoms with E-state index in [0.717, 1.165) is 5.56 Å². The van der Waals surface area contributed by atoms with Crippen LogP contribution in [0.2, 0.25) is 0 Å². The Labute approximate surface area is 80.3 Å². The van der Waals surface area contributed by atoms with Crippen LogP contribution >= 0.6 is 0 Å². The summed E-state index contributed by atoms with van der Waals surface area (Å²) in [5, 5.41) is 9.47. The molecule has 1 aromatic rings. The molecule has 2 atom stereocenters. The molecule has 0 saturated heterocycles. The molecule has 12 heavy (non-hydrogen) atoms. The van der Waals surface area contributed by atoms with E-state index >= 15 is 0 Å². The quantitative estimate of drug-likeness (QED) is 0.573. The number of aliphatic hydroxyl groups excluding tert-OH is 1. The van der Waals surface area contributed by atoms with Crippen LogP contribution in [0.15, 0.2) is 30.3 Å². The molecule has 68 valence electrons. The molecule has 0 aromatic heterocycles. The van der Waals surface area contributed by atoms with Gasteiger partial charge < -0.3 is 23.2 Å². The molecule has 0 aliphatic heterocycles. The number of aliphatic hydroxyl groups is 1. The highest BCUT2D eigenvalue weighted by atomic mass is 35.5. The van der Waals surface area contributed by atoms with Gasteiger partial charge in [-0.3, -0.25) is 0 Å². The molecule has 0 unspecified atom stereocenters. The number of benzene rings is 1.